The van der Waals surface area contributed by atoms with Crippen molar-refractivity contribution in [3.05, 3.63) is 0 Å². The third kappa shape index (κ3) is 18.5. The van der Waals surface area contributed by atoms with E-state index in [1.165, 1.54) is 0 Å². The maximum Gasteiger partial charge on any atom is 0 e. The Hall–Kier alpha value is 3.49. The van der Waals surface area contributed by atoms with Crippen LogP contribution in [0.1, 0.15) is 0 Å². The summed E-state index contributed by atoms with van der Waals surface area (Å²) in [5.74, 6) is 0. The largest absolute Gasteiger partial charge is 0 e. The fourth-order valence-electron chi connectivity index (χ4n) is 0. The van der Waals surface area contributed by atoms with Crippen molar-refractivity contribution < 1.29 is 54.3 Å². The van der Waals surface area contributed by atoms with Gasteiger partial charge in [-0.05, 0) is 0 Å². The van der Waals surface area contributed by atoms with Crippen molar-refractivity contribution in [1.29, 1.82) is 0 Å². The number of hydrogen-bond acceptors (Lipinski definition) is 0. The molecule has 5 heavy (non-hydrogen) atoms. The van der Waals surface area contributed by atoms with Crippen LogP contribution in [0.25, 0.3) is 0 Å². The smallest absolute Gasteiger partial charge is 0 e. The molecule has 8 radical (unpaired) electrons. The summed E-state index contributed by atoms with van der Waals surface area (Å²) in [6, 6.07) is 0. The SMILES string of the molecule is [Bi].[Co].[Mo].[Ni].[Pb]. The average molecular weight is 630 g/mol. The summed E-state index contributed by atoms with van der Waals surface area (Å²) in [4.78, 5) is 0. The topological polar surface area (TPSA) is 0 Å². The summed E-state index contributed by atoms with van der Waals surface area (Å²) in [7, 11) is 0. The second-order valence-electron chi connectivity index (χ2n) is 0. The fourth-order valence-corrected chi connectivity index (χ4v) is 0. The van der Waals surface area contributed by atoms with E-state index < -0.39 is 0 Å². The van der Waals surface area contributed by atoms with Gasteiger partial charge in [0, 0.05) is 108 Å². The molecule has 0 aliphatic rings. The van der Waals surface area contributed by atoms with Crippen molar-refractivity contribution in [2.24, 2.45) is 0 Å². The van der Waals surface area contributed by atoms with Crippen molar-refractivity contribution in [2.45, 2.75) is 0 Å². The van der Waals surface area contributed by atoms with Crippen LogP contribution in [0.3, 0.4) is 0 Å². The minimum Gasteiger partial charge on any atom is 0 e. The van der Waals surface area contributed by atoms with Gasteiger partial charge in [-0.1, -0.05) is 0 Å². The summed E-state index contributed by atoms with van der Waals surface area (Å²) < 4.78 is 0. The van der Waals surface area contributed by atoms with Crippen molar-refractivity contribution in [1.82, 2.24) is 0 Å². The summed E-state index contributed by atoms with van der Waals surface area (Å²) in [6.07, 6.45) is 0. The zero-order chi connectivity index (χ0) is 0. The van der Waals surface area contributed by atoms with Gasteiger partial charge in [-0.3, -0.25) is 0 Å². The Kier molecular flexibility index (Phi) is 202. The Morgan fingerprint density at radius 3 is 1.00 bits per heavy atom. The Morgan fingerprint density at radius 2 is 1.00 bits per heavy atom. The van der Waals surface area contributed by atoms with Gasteiger partial charge in [0.1, 0.15) is 0 Å². The molecule has 0 rings (SSSR count). The van der Waals surface area contributed by atoms with Crippen molar-refractivity contribution >= 4 is 53.5 Å². The number of hydrogen-bond donors (Lipinski definition) is 0. The van der Waals surface area contributed by atoms with Crippen molar-refractivity contribution in [3.8, 4) is 0 Å². The molecule has 0 saturated heterocycles. The molecule has 0 N–H and O–H groups in total. The molecular formula is BiCoMoNiPb. The first-order chi connectivity index (χ1) is 0. The first-order valence-electron chi connectivity index (χ1n) is 0. The third-order valence-electron chi connectivity index (χ3n) is 0. The molecule has 0 bridgehead atoms. The third-order valence-corrected chi connectivity index (χ3v) is 0. The molecule has 0 atom stereocenters. The molecule has 0 saturated carbocycles. The molecular weight excluding hydrogens is 630 g/mol. The van der Waals surface area contributed by atoms with Gasteiger partial charge in [-0.15, -0.1) is 0 Å². The summed E-state index contributed by atoms with van der Waals surface area (Å²) in [5.41, 5.74) is 0. The maximum atomic E-state index is 0. The van der Waals surface area contributed by atoms with Crippen LogP contribution in [-0.4, -0.2) is 53.5 Å². The molecule has 5 heteroatoms. The van der Waals surface area contributed by atoms with E-state index in [-0.39, 0.29) is 108 Å². The van der Waals surface area contributed by atoms with Gasteiger partial charge in [0.25, 0.3) is 0 Å². The minimum atomic E-state index is 0. The van der Waals surface area contributed by atoms with Crippen LogP contribution in [0.4, 0.5) is 0 Å². The van der Waals surface area contributed by atoms with Crippen LogP contribution >= 0.6 is 0 Å². The van der Waals surface area contributed by atoms with Crippen LogP contribution < -0.4 is 0 Å². The van der Waals surface area contributed by atoms with Gasteiger partial charge in [0.15, 0.2) is 0 Å². The van der Waals surface area contributed by atoms with Gasteiger partial charge < -0.3 is 0 Å². The quantitative estimate of drug-likeness (QED) is 0.309. The summed E-state index contributed by atoms with van der Waals surface area (Å²) in [6.45, 7) is 0. The molecule has 0 heterocycles. The van der Waals surface area contributed by atoms with Gasteiger partial charge in [-0.25, -0.2) is 0 Å². The standard InChI is InChI=1S/Bi.Co.Mo.Ni.Pb. The zero-order valence-electron chi connectivity index (χ0n) is 2.01. The fraction of sp³-hybridized carbons (Fsp3) is 0. The predicted octanol–water partition coefficient (Wildman–Crippen LogP) is -0.769. The van der Waals surface area contributed by atoms with Crippen LogP contribution in [0.5, 0.6) is 0 Å². The predicted molar refractivity (Wildman–Crippen MR) is 11.5 cm³/mol. The van der Waals surface area contributed by atoms with E-state index in [1.807, 2.05) is 0 Å². The molecule has 0 aromatic rings. The van der Waals surface area contributed by atoms with E-state index in [9.17, 15) is 0 Å². The van der Waals surface area contributed by atoms with Crippen LogP contribution in [-0.2, 0) is 54.3 Å². The van der Waals surface area contributed by atoms with E-state index in [1.54, 1.807) is 0 Å². The Morgan fingerprint density at radius 1 is 1.00 bits per heavy atom. The normalized spacial score (nSPS) is 0. The van der Waals surface area contributed by atoms with Gasteiger partial charge in [-0.2, -0.15) is 0 Å². The van der Waals surface area contributed by atoms with Crippen LogP contribution in [0.15, 0.2) is 0 Å². The average Bonchev–Trinajstić information content (AvgIpc) is 0. The molecule has 0 fully saturated rings. The summed E-state index contributed by atoms with van der Waals surface area (Å²) >= 11 is 0. The molecule has 0 aromatic carbocycles. The Bertz CT molecular complexity index is 11.6. The molecule has 0 aliphatic carbocycles. The van der Waals surface area contributed by atoms with Crippen LogP contribution in [0.2, 0.25) is 0 Å². The molecule has 0 unspecified atom stereocenters. The van der Waals surface area contributed by atoms with Gasteiger partial charge in [0.05, 0.1) is 0 Å². The van der Waals surface area contributed by atoms with E-state index >= 15 is 0 Å². The van der Waals surface area contributed by atoms with Crippen molar-refractivity contribution in [3.63, 3.8) is 0 Å². The molecule has 0 amide bonds. The second-order valence-corrected chi connectivity index (χ2v) is 0. The maximum absolute atomic E-state index is 0. The molecule has 0 aliphatic heterocycles. The van der Waals surface area contributed by atoms with Gasteiger partial charge in [0.2, 0.25) is 0 Å². The van der Waals surface area contributed by atoms with Gasteiger partial charge >= 0.3 is 0 Å². The minimum absolute atomic E-state index is 0. The van der Waals surface area contributed by atoms with E-state index in [0.717, 1.165) is 0 Å². The van der Waals surface area contributed by atoms with E-state index in [4.69, 9.17) is 0 Å². The molecule has 0 nitrogen and oxygen atoms in total. The molecule has 0 spiro atoms. The first-order valence-corrected chi connectivity index (χ1v) is 0. The van der Waals surface area contributed by atoms with E-state index in [0.29, 0.717) is 0 Å². The molecule has 34 valence electrons. The summed E-state index contributed by atoms with van der Waals surface area (Å²) in [5, 5.41) is 0. The zero-order valence-corrected chi connectivity index (χ0v) is 13.4. The second kappa shape index (κ2) is 25.9. The monoisotopic (exact) mass is 632 g/mol. The Labute approximate surface area is 106 Å². The van der Waals surface area contributed by atoms with Crippen LogP contribution in [0, 0.1) is 0 Å². The van der Waals surface area contributed by atoms with Crippen molar-refractivity contribution in [2.75, 3.05) is 0 Å². The number of rotatable bonds is 0. The van der Waals surface area contributed by atoms with E-state index in [2.05, 4.69) is 0 Å². The molecule has 0 aromatic heterocycles. The Balaban J connectivity index is 0. The first kappa shape index (κ1) is 39.1.